The van der Waals surface area contributed by atoms with E-state index in [0.29, 0.717) is 17.6 Å². The molecule has 3 N–H and O–H groups in total. The molecule has 2 rings (SSSR count). The van der Waals surface area contributed by atoms with Gasteiger partial charge < -0.3 is 20.2 Å². The second kappa shape index (κ2) is 4.48. The standard InChI is InChI=1S/C11H14N2O4/c1-6-9(10(14)15)4-8(17-6)5-12-11(16)13-7-2-3-7/h4,7H,2-3,5H2,1H3,(H,14,15)(H2,12,13,16). The van der Waals surface area contributed by atoms with Crippen molar-refractivity contribution in [2.75, 3.05) is 0 Å². The number of carbonyl (C=O) groups excluding carboxylic acids is 1. The molecular weight excluding hydrogens is 224 g/mol. The van der Waals surface area contributed by atoms with Crippen LogP contribution in [0.2, 0.25) is 0 Å². The molecular formula is C11H14N2O4. The van der Waals surface area contributed by atoms with Gasteiger partial charge in [-0.25, -0.2) is 9.59 Å². The quantitative estimate of drug-likeness (QED) is 0.736. The molecule has 92 valence electrons. The van der Waals surface area contributed by atoms with E-state index in [2.05, 4.69) is 10.6 Å². The smallest absolute Gasteiger partial charge is 0.339 e. The predicted octanol–water partition coefficient (Wildman–Crippen LogP) is 1.25. The first-order valence-corrected chi connectivity index (χ1v) is 5.43. The molecule has 0 bridgehead atoms. The molecule has 1 heterocycles. The SMILES string of the molecule is Cc1oc(CNC(=O)NC2CC2)cc1C(=O)O. The van der Waals surface area contributed by atoms with Crippen LogP contribution in [0, 0.1) is 6.92 Å². The van der Waals surface area contributed by atoms with Crippen LogP contribution < -0.4 is 10.6 Å². The summed E-state index contributed by atoms with van der Waals surface area (Å²) >= 11 is 0. The number of urea groups is 1. The maximum atomic E-state index is 11.3. The van der Waals surface area contributed by atoms with Gasteiger partial charge in [-0.2, -0.15) is 0 Å². The van der Waals surface area contributed by atoms with E-state index in [-0.39, 0.29) is 18.1 Å². The first kappa shape index (κ1) is 11.5. The number of rotatable bonds is 4. The zero-order valence-corrected chi connectivity index (χ0v) is 9.45. The second-order valence-electron chi connectivity index (χ2n) is 4.09. The van der Waals surface area contributed by atoms with Crippen molar-refractivity contribution < 1.29 is 19.1 Å². The molecule has 2 amide bonds. The number of carbonyl (C=O) groups is 2. The van der Waals surface area contributed by atoms with Gasteiger partial charge in [0.2, 0.25) is 0 Å². The van der Waals surface area contributed by atoms with Crippen LogP contribution in [0.4, 0.5) is 4.79 Å². The lowest BCUT2D eigenvalue weighted by atomic mass is 10.2. The van der Waals surface area contributed by atoms with Crippen LogP contribution in [0.3, 0.4) is 0 Å². The van der Waals surface area contributed by atoms with Crippen LogP contribution in [0.1, 0.15) is 34.7 Å². The number of aromatic carboxylic acids is 1. The molecule has 0 aromatic carbocycles. The third-order valence-electron chi connectivity index (χ3n) is 2.53. The fourth-order valence-corrected chi connectivity index (χ4v) is 1.47. The van der Waals surface area contributed by atoms with E-state index < -0.39 is 5.97 Å². The Morgan fingerprint density at radius 1 is 1.53 bits per heavy atom. The molecule has 6 nitrogen and oxygen atoms in total. The zero-order valence-electron chi connectivity index (χ0n) is 9.45. The molecule has 0 radical (unpaired) electrons. The number of amides is 2. The number of aryl methyl sites for hydroxylation is 1. The molecule has 6 heteroatoms. The minimum Gasteiger partial charge on any atom is -0.478 e. The van der Waals surface area contributed by atoms with Crippen LogP contribution in [0.15, 0.2) is 10.5 Å². The minimum absolute atomic E-state index is 0.129. The number of carboxylic acids is 1. The van der Waals surface area contributed by atoms with Gasteiger partial charge in [-0.3, -0.25) is 0 Å². The summed E-state index contributed by atoms with van der Waals surface area (Å²) in [7, 11) is 0. The van der Waals surface area contributed by atoms with Crippen molar-refractivity contribution in [1.29, 1.82) is 0 Å². The summed E-state index contributed by atoms with van der Waals surface area (Å²) in [6.07, 6.45) is 2.05. The molecule has 1 aliphatic rings. The summed E-state index contributed by atoms with van der Waals surface area (Å²) in [4.78, 5) is 22.1. The van der Waals surface area contributed by atoms with Gasteiger partial charge in [0.25, 0.3) is 0 Å². The predicted molar refractivity (Wildman–Crippen MR) is 58.8 cm³/mol. The third-order valence-corrected chi connectivity index (χ3v) is 2.53. The highest BCUT2D eigenvalue weighted by Crippen LogP contribution is 2.18. The number of nitrogens with one attached hydrogen (secondary N) is 2. The van der Waals surface area contributed by atoms with Crippen molar-refractivity contribution in [1.82, 2.24) is 10.6 Å². The van der Waals surface area contributed by atoms with Gasteiger partial charge in [-0.1, -0.05) is 0 Å². The molecule has 1 aromatic rings. The van der Waals surface area contributed by atoms with Gasteiger partial charge in [0, 0.05) is 6.04 Å². The van der Waals surface area contributed by atoms with E-state index in [4.69, 9.17) is 9.52 Å². The Morgan fingerprint density at radius 3 is 2.76 bits per heavy atom. The van der Waals surface area contributed by atoms with Crippen molar-refractivity contribution in [2.45, 2.75) is 32.4 Å². The third kappa shape index (κ3) is 2.99. The molecule has 1 fully saturated rings. The second-order valence-corrected chi connectivity index (χ2v) is 4.09. The molecule has 17 heavy (non-hydrogen) atoms. The number of furan rings is 1. The summed E-state index contributed by atoms with van der Waals surface area (Å²) in [6.45, 7) is 1.77. The van der Waals surface area contributed by atoms with Gasteiger partial charge in [-0.15, -0.1) is 0 Å². The molecule has 1 saturated carbocycles. The zero-order chi connectivity index (χ0) is 12.4. The Hall–Kier alpha value is -1.98. The van der Waals surface area contributed by atoms with Gasteiger partial charge in [0.15, 0.2) is 0 Å². The highest BCUT2D eigenvalue weighted by atomic mass is 16.4. The molecule has 0 saturated heterocycles. The Morgan fingerprint density at radius 2 is 2.24 bits per heavy atom. The fraction of sp³-hybridized carbons (Fsp3) is 0.455. The Balaban J connectivity index is 1.87. The lowest BCUT2D eigenvalue weighted by Gasteiger charge is -2.03. The molecule has 0 unspecified atom stereocenters. The van der Waals surface area contributed by atoms with Crippen LogP contribution in [-0.2, 0) is 6.54 Å². The van der Waals surface area contributed by atoms with E-state index in [9.17, 15) is 9.59 Å². The lowest BCUT2D eigenvalue weighted by molar-refractivity contribution is 0.0695. The first-order chi connectivity index (χ1) is 8.06. The maximum absolute atomic E-state index is 11.3. The topological polar surface area (TPSA) is 91.6 Å². The summed E-state index contributed by atoms with van der Waals surface area (Å²) in [5.41, 5.74) is 0.129. The summed E-state index contributed by atoms with van der Waals surface area (Å²) in [5.74, 6) is -0.248. The summed E-state index contributed by atoms with van der Waals surface area (Å²) < 4.78 is 5.22. The average Bonchev–Trinajstić information content (AvgIpc) is 2.97. The van der Waals surface area contributed by atoms with Crippen LogP contribution in [0.25, 0.3) is 0 Å². The van der Waals surface area contributed by atoms with E-state index in [1.807, 2.05) is 0 Å². The number of carboxylic acid groups (broad SMARTS) is 1. The van der Waals surface area contributed by atoms with Crippen LogP contribution >= 0.6 is 0 Å². The van der Waals surface area contributed by atoms with Crippen molar-refractivity contribution in [2.24, 2.45) is 0 Å². The highest BCUT2D eigenvalue weighted by Gasteiger charge is 2.23. The Kier molecular flexibility index (Phi) is 3.03. The van der Waals surface area contributed by atoms with Gasteiger partial charge in [0.05, 0.1) is 6.54 Å². The van der Waals surface area contributed by atoms with E-state index >= 15 is 0 Å². The first-order valence-electron chi connectivity index (χ1n) is 5.43. The maximum Gasteiger partial charge on any atom is 0.339 e. The van der Waals surface area contributed by atoms with Crippen molar-refractivity contribution in [3.8, 4) is 0 Å². The largest absolute Gasteiger partial charge is 0.478 e. The molecule has 0 atom stereocenters. The van der Waals surface area contributed by atoms with Crippen LogP contribution in [0.5, 0.6) is 0 Å². The van der Waals surface area contributed by atoms with Crippen molar-refractivity contribution in [3.63, 3.8) is 0 Å². The summed E-state index contributed by atoms with van der Waals surface area (Å²) in [6, 6.07) is 1.47. The minimum atomic E-state index is -1.03. The number of hydrogen-bond donors (Lipinski definition) is 3. The normalized spacial score (nSPS) is 14.4. The van der Waals surface area contributed by atoms with Gasteiger partial charge >= 0.3 is 12.0 Å². The Bertz CT molecular complexity index is 448. The van der Waals surface area contributed by atoms with Crippen molar-refractivity contribution >= 4 is 12.0 Å². The van der Waals surface area contributed by atoms with E-state index in [1.54, 1.807) is 6.92 Å². The Labute approximate surface area is 98.0 Å². The lowest BCUT2D eigenvalue weighted by Crippen LogP contribution is -2.36. The average molecular weight is 238 g/mol. The van der Waals surface area contributed by atoms with Crippen LogP contribution in [-0.4, -0.2) is 23.1 Å². The number of hydrogen-bond acceptors (Lipinski definition) is 3. The van der Waals surface area contributed by atoms with E-state index in [0.717, 1.165) is 12.8 Å². The highest BCUT2D eigenvalue weighted by molar-refractivity contribution is 5.88. The summed E-state index contributed by atoms with van der Waals surface area (Å²) in [5, 5.41) is 14.2. The molecule has 1 aromatic heterocycles. The van der Waals surface area contributed by atoms with Gasteiger partial charge in [-0.05, 0) is 25.8 Å². The van der Waals surface area contributed by atoms with Crippen molar-refractivity contribution in [3.05, 3.63) is 23.2 Å². The fourth-order valence-electron chi connectivity index (χ4n) is 1.47. The molecule has 0 spiro atoms. The van der Waals surface area contributed by atoms with E-state index in [1.165, 1.54) is 6.07 Å². The van der Waals surface area contributed by atoms with Gasteiger partial charge in [0.1, 0.15) is 17.1 Å². The molecule has 1 aliphatic carbocycles. The monoisotopic (exact) mass is 238 g/mol. The molecule has 0 aliphatic heterocycles.